The number of aromatic nitrogens is 2. The fraction of sp³-hybridized carbons (Fsp3) is 0.800. The Morgan fingerprint density at radius 1 is 1.42 bits per heavy atom. The van der Waals surface area contributed by atoms with Crippen LogP contribution >= 0.6 is 0 Å². The van der Waals surface area contributed by atoms with Gasteiger partial charge in [-0.15, -0.1) is 0 Å². The maximum Gasteiger partial charge on any atom is 0.0527 e. The molecule has 0 saturated carbocycles. The topological polar surface area (TPSA) is 41.3 Å². The first-order chi connectivity index (χ1) is 9.15. The van der Waals surface area contributed by atoms with Crippen molar-refractivity contribution in [1.29, 1.82) is 0 Å². The summed E-state index contributed by atoms with van der Waals surface area (Å²) in [4.78, 5) is 2.58. The molecule has 1 saturated heterocycles. The van der Waals surface area contributed by atoms with Gasteiger partial charge in [0.05, 0.1) is 12.3 Å². The van der Waals surface area contributed by atoms with E-state index in [-0.39, 0.29) is 6.10 Å². The number of aryl methyl sites for hydroxylation is 1. The minimum atomic E-state index is -0.191. The smallest absolute Gasteiger partial charge is 0.0527 e. The van der Waals surface area contributed by atoms with E-state index in [0.717, 1.165) is 19.4 Å². The van der Waals surface area contributed by atoms with E-state index >= 15 is 0 Å². The van der Waals surface area contributed by atoms with E-state index in [4.69, 9.17) is 0 Å². The number of likely N-dealkylation sites (tertiary alicyclic amines) is 1. The molecule has 0 spiro atoms. The third kappa shape index (κ3) is 4.62. The average Bonchev–Trinajstić information content (AvgIpc) is 2.64. The summed E-state index contributed by atoms with van der Waals surface area (Å²) in [6.07, 6.45) is 11.0. The van der Waals surface area contributed by atoms with Crippen LogP contribution in [0.25, 0.3) is 0 Å². The molecule has 1 fully saturated rings. The van der Waals surface area contributed by atoms with Crippen LogP contribution in [0.5, 0.6) is 0 Å². The number of rotatable bonds is 5. The third-order valence-corrected chi connectivity index (χ3v) is 4.06. The molecule has 1 aliphatic heterocycles. The van der Waals surface area contributed by atoms with Gasteiger partial charge in [0.25, 0.3) is 0 Å². The Hall–Kier alpha value is -0.870. The van der Waals surface area contributed by atoms with Crippen molar-refractivity contribution >= 4 is 0 Å². The molecule has 19 heavy (non-hydrogen) atoms. The monoisotopic (exact) mass is 265 g/mol. The Labute approximate surface area is 116 Å². The van der Waals surface area contributed by atoms with Crippen LogP contribution in [-0.2, 0) is 13.5 Å². The lowest BCUT2D eigenvalue weighted by Gasteiger charge is -2.30. The lowest BCUT2D eigenvalue weighted by Crippen LogP contribution is -2.38. The van der Waals surface area contributed by atoms with Gasteiger partial charge in [0.2, 0.25) is 0 Å². The summed E-state index contributed by atoms with van der Waals surface area (Å²) in [5.74, 6) is 0. The van der Waals surface area contributed by atoms with Crippen molar-refractivity contribution < 1.29 is 5.11 Å². The van der Waals surface area contributed by atoms with E-state index in [1.54, 1.807) is 0 Å². The Bertz CT molecular complexity index is 375. The van der Waals surface area contributed by atoms with Crippen molar-refractivity contribution in [3.8, 4) is 0 Å². The van der Waals surface area contributed by atoms with Gasteiger partial charge in [0, 0.05) is 25.8 Å². The maximum absolute atomic E-state index is 9.66. The predicted octanol–water partition coefficient (Wildman–Crippen LogP) is 1.98. The van der Waals surface area contributed by atoms with Gasteiger partial charge in [0.15, 0.2) is 0 Å². The van der Waals surface area contributed by atoms with Gasteiger partial charge in [0.1, 0.15) is 0 Å². The van der Waals surface area contributed by atoms with Crippen molar-refractivity contribution in [1.82, 2.24) is 14.7 Å². The first-order valence-corrected chi connectivity index (χ1v) is 7.55. The molecule has 0 aromatic carbocycles. The van der Waals surface area contributed by atoms with Crippen LogP contribution in [0.1, 0.15) is 44.6 Å². The van der Waals surface area contributed by atoms with Gasteiger partial charge in [-0.25, -0.2) is 0 Å². The van der Waals surface area contributed by atoms with Crippen molar-refractivity contribution in [2.45, 2.75) is 57.6 Å². The molecule has 1 aromatic rings. The summed E-state index contributed by atoms with van der Waals surface area (Å²) in [5, 5.41) is 13.9. The van der Waals surface area contributed by atoms with E-state index in [2.05, 4.69) is 16.2 Å². The number of hydrogen-bond acceptors (Lipinski definition) is 3. The van der Waals surface area contributed by atoms with Gasteiger partial charge in [-0.3, -0.25) is 9.58 Å². The van der Waals surface area contributed by atoms with Gasteiger partial charge < -0.3 is 5.11 Å². The average molecular weight is 265 g/mol. The zero-order valence-electron chi connectivity index (χ0n) is 12.3. The molecular weight excluding hydrogens is 238 g/mol. The molecule has 108 valence electrons. The van der Waals surface area contributed by atoms with Gasteiger partial charge in [-0.1, -0.05) is 12.8 Å². The fourth-order valence-electron chi connectivity index (χ4n) is 3.07. The first kappa shape index (κ1) is 14.5. The van der Waals surface area contributed by atoms with E-state index in [0.29, 0.717) is 6.04 Å². The molecular formula is C15H27N3O. The highest BCUT2D eigenvalue weighted by Crippen LogP contribution is 2.20. The molecule has 1 aromatic heterocycles. The van der Waals surface area contributed by atoms with E-state index in [9.17, 15) is 5.11 Å². The first-order valence-electron chi connectivity index (χ1n) is 7.55. The quantitative estimate of drug-likeness (QED) is 0.885. The number of nitrogens with zero attached hydrogens (tertiary/aromatic N) is 3. The van der Waals surface area contributed by atoms with Crippen molar-refractivity contribution in [3.63, 3.8) is 0 Å². The number of aliphatic hydroxyl groups is 1. The minimum absolute atomic E-state index is 0.191. The SMILES string of the molecule is CC(O)CC1CCCCCN1CCc1cnn(C)c1. The van der Waals surface area contributed by atoms with Crippen LogP contribution in [0, 0.1) is 0 Å². The van der Waals surface area contributed by atoms with Crippen LogP contribution in [0.3, 0.4) is 0 Å². The summed E-state index contributed by atoms with van der Waals surface area (Å²) in [6.45, 7) is 4.17. The van der Waals surface area contributed by atoms with E-state index in [1.165, 1.54) is 37.8 Å². The molecule has 2 unspecified atom stereocenters. The molecule has 0 bridgehead atoms. The van der Waals surface area contributed by atoms with E-state index < -0.39 is 0 Å². The highest BCUT2D eigenvalue weighted by molar-refractivity contribution is 5.04. The standard InChI is InChI=1S/C15H27N3O/c1-13(19)10-15-6-4-3-5-8-18(15)9-7-14-11-16-17(2)12-14/h11-13,15,19H,3-10H2,1-2H3. The van der Waals surface area contributed by atoms with Gasteiger partial charge >= 0.3 is 0 Å². The molecule has 2 heterocycles. The summed E-state index contributed by atoms with van der Waals surface area (Å²) < 4.78 is 1.87. The molecule has 2 atom stereocenters. The molecule has 1 aliphatic rings. The number of hydrogen-bond donors (Lipinski definition) is 1. The highest BCUT2D eigenvalue weighted by atomic mass is 16.3. The van der Waals surface area contributed by atoms with Gasteiger partial charge in [-0.05, 0) is 44.7 Å². The minimum Gasteiger partial charge on any atom is -0.393 e. The zero-order valence-corrected chi connectivity index (χ0v) is 12.3. The summed E-state index contributed by atoms with van der Waals surface area (Å²) >= 11 is 0. The van der Waals surface area contributed by atoms with E-state index in [1.807, 2.05) is 24.9 Å². The largest absolute Gasteiger partial charge is 0.393 e. The van der Waals surface area contributed by atoms with Crippen LogP contribution in [0.15, 0.2) is 12.4 Å². The second-order valence-electron chi connectivity index (χ2n) is 5.90. The summed E-state index contributed by atoms with van der Waals surface area (Å²) in [5.41, 5.74) is 1.31. The molecule has 0 radical (unpaired) electrons. The van der Waals surface area contributed by atoms with Crippen LogP contribution < -0.4 is 0 Å². The maximum atomic E-state index is 9.66. The summed E-state index contributed by atoms with van der Waals surface area (Å²) in [6, 6.07) is 0.555. The Morgan fingerprint density at radius 2 is 2.26 bits per heavy atom. The van der Waals surface area contributed by atoms with Crippen LogP contribution in [0.2, 0.25) is 0 Å². The van der Waals surface area contributed by atoms with Crippen LogP contribution in [0.4, 0.5) is 0 Å². The lowest BCUT2D eigenvalue weighted by atomic mass is 10.0. The second kappa shape index (κ2) is 7.06. The fourth-order valence-corrected chi connectivity index (χ4v) is 3.07. The molecule has 0 amide bonds. The Balaban J connectivity index is 1.89. The van der Waals surface area contributed by atoms with Gasteiger partial charge in [-0.2, -0.15) is 5.10 Å². The third-order valence-electron chi connectivity index (χ3n) is 4.06. The summed E-state index contributed by atoms with van der Waals surface area (Å²) in [7, 11) is 1.96. The molecule has 4 nitrogen and oxygen atoms in total. The predicted molar refractivity (Wildman–Crippen MR) is 77.0 cm³/mol. The van der Waals surface area contributed by atoms with Crippen molar-refractivity contribution in [2.75, 3.05) is 13.1 Å². The van der Waals surface area contributed by atoms with Crippen LogP contribution in [-0.4, -0.2) is 45.0 Å². The Kier molecular flexibility index (Phi) is 5.40. The number of aliphatic hydroxyl groups excluding tert-OH is 1. The zero-order chi connectivity index (χ0) is 13.7. The molecule has 0 aliphatic carbocycles. The normalized spacial score (nSPS) is 23.2. The highest BCUT2D eigenvalue weighted by Gasteiger charge is 2.22. The van der Waals surface area contributed by atoms with Crippen molar-refractivity contribution in [3.05, 3.63) is 18.0 Å². The molecule has 4 heteroatoms. The molecule has 2 rings (SSSR count). The Morgan fingerprint density at radius 3 is 2.95 bits per heavy atom. The second-order valence-corrected chi connectivity index (χ2v) is 5.90. The molecule has 1 N–H and O–H groups in total. The van der Waals surface area contributed by atoms with Crippen molar-refractivity contribution in [2.24, 2.45) is 7.05 Å². The lowest BCUT2D eigenvalue weighted by molar-refractivity contribution is 0.113.